The lowest BCUT2D eigenvalue weighted by Gasteiger charge is -2.35. The van der Waals surface area contributed by atoms with E-state index in [1.54, 1.807) is 27.0 Å². The minimum absolute atomic E-state index is 0.0685. The number of ether oxygens (including phenoxy) is 2. The van der Waals surface area contributed by atoms with E-state index in [9.17, 15) is 18.0 Å². The zero-order valence-corrected chi connectivity index (χ0v) is 32.7. The number of methoxy groups -OCH3 is 1. The average molecular weight is 742 g/mol. The van der Waals surface area contributed by atoms with Gasteiger partial charge in [0, 0.05) is 41.7 Å². The minimum atomic E-state index is -3.84. The van der Waals surface area contributed by atoms with E-state index in [4.69, 9.17) is 14.6 Å². The van der Waals surface area contributed by atoms with Crippen molar-refractivity contribution in [3.8, 4) is 17.0 Å². The number of hydrogen-bond acceptors (Lipinski definition) is 7. The largest absolute Gasteiger partial charge is 0.497 e. The number of allylic oxidation sites excluding steroid dienone is 1. The molecule has 2 aromatic carbocycles. The number of morpholine rings is 1. The third-order valence-electron chi connectivity index (χ3n) is 11.1. The summed E-state index contributed by atoms with van der Waals surface area (Å²) in [6, 6.07) is 11.7. The lowest BCUT2D eigenvalue weighted by molar-refractivity contribution is -0.0586. The molecule has 7 rings (SSSR count). The SMILES string of the molecule is CCn1nc(C)c(C(=O)N2CC(C)OC(C)C2)c1C1=Cc2cc(OC)ccc2-c2c(C3CCCCC3)c3ccc(C(=O)NS(=O)(=O)C(C)C)cc3n2C1. The van der Waals surface area contributed by atoms with Crippen LogP contribution in [0.2, 0.25) is 0 Å². The molecule has 2 unspecified atom stereocenters. The Morgan fingerprint density at radius 3 is 2.40 bits per heavy atom. The second kappa shape index (κ2) is 14.4. The van der Waals surface area contributed by atoms with Gasteiger partial charge < -0.3 is 18.9 Å². The van der Waals surface area contributed by atoms with Crippen LogP contribution in [0, 0.1) is 6.92 Å². The summed E-state index contributed by atoms with van der Waals surface area (Å²) in [7, 11) is -2.18. The Bertz CT molecular complexity index is 2220. The van der Waals surface area contributed by atoms with Gasteiger partial charge in [-0.25, -0.2) is 13.1 Å². The fraction of sp³-hybridized carbons (Fsp3) is 0.488. The lowest BCUT2D eigenvalue weighted by atomic mass is 9.81. The quantitative estimate of drug-likeness (QED) is 0.203. The Morgan fingerprint density at radius 2 is 1.74 bits per heavy atom. The first kappa shape index (κ1) is 36.9. The summed E-state index contributed by atoms with van der Waals surface area (Å²) < 4.78 is 43.7. The number of rotatable bonds is 8. The molecule has 53 heavy (non-hydrogen) atoms. The number of sulfonamides is 1. The van der Waals surface area contributed by atoms with Gasteiger partial charge in [0.2, 0.25) is 10.0 Å². The van der Waals surface area contributed by atoms with Gasteiger partial charge in [0.1, 0.15) is 5.75 Å². The molecule has 2 aromatic heterocycles. The van der Waals surface area contributed by atoms with Gasteiger partial charge in [-0.05, 0) is 113 Å². The van der Waals surface area contributed by atoms with Gasteiger partial charge >= 0.3 is 0 Å². The van der Waals surface area contributed by atoms with Gasteiger partial charge in [-0.3, -0.25) is 14.3 Å². The molecule has 0 bridgehead atoms. The van der Waals surface area contributed by atoms with Crippen molar-refractivity contribution in [3.05, 3.63) is 70.0 Å². The van der Waals surface area contributed by atoms with E-state index in [0.29, 0.717) is 43.4 Å². The van der Waals surface area contributed by atoms with Crippen molar-refractivity contribution in [1.82, 2.24) is 24.0 Å². The second-order valence-corrected chi connectivity index (χ2v) is 17.4. The molecule has 282 valence electrons. The molecule has 1 saturated carbocycles. The summed E-state index contributed by atoms with van der Waals surface area (Å²) in [4.78, 5) is 30.0. The molecule has 2 atom stereocenters. The van der Waals surface area contributed by atoms with Crippen LogP contribution in [0.25, 0.3) is 33.8 Å². The molecule has 2 amide bonds. The highest BCUT2D eigenvalue weighted by atomic mass is 32.2. The first-order chi connectivity index (χ1) is 25.3. The number of benzene rings is 2. The van der Waals surface area contributed by atoms with E-state index in [1.165, 1.54) is 12.0 Å². The Hall–Kier alpha value is -4.42. The fourth-order valence-corrected chi connectivity index (χ4v) is 9.14. The molecule has 0 radical (unpaired) electrons. The zero-order chi connectivity index (χ0) is 37.8. The predicted molar refractivity (Wildman–Crippen MR) is 208 cm³/mol. The molecule has 1 saturated heterocycles. The number of aromatic nitrogens is 3. The predicted octanol–water partition coefficient (Wildman–Crippen LogP) is 7.16. The van der Waals surface area contributed by atoms with E-state index in [2.05, 4.69) is 27.5 Å². The van der Waals surface area contributed by atoms with Crippen molar-refractivity contribution in [2.24, 2.45) is 0 Å². The third-order valence-corrected chi connectivity index (χ3v) is 12.8. The van der Waals surface area contributed by atoms with Crippen LogP contribution in [0.3, 0.4) is 0 Å². The second-order valence-electron chi connectivity index (χ2n) is 15.2. The van der Waals surface area contributed by atoms with E-state index < -0.39 is 21.2 Å². The number of amides is 2. The molecule has 1 aliphatic carbocycles. The molecule has 12 heteroatoms. The highest BCUT2D eigenvalue weighted by molar-refractivity contribution is 7.90. The number of fused-ring (bicyclic) bond motifs is 5. The molecule has 2 aliphatic heterocycles. The molecule has 3 aliphatic rings. The van der Waals surface area contributed by atoms with Crippen molar-refractivity contribution in [2.45, 2.75) is 110 Å². The minimum Gasteiger partial charge on any atom is -0.497 e. The van der Waals surface area contributed by atoms with E-state index in [-0.39, 0.29) is 23.7 Å². The van der Waals surface area contributed by atoms with Crippen molar-refractivity contribution in [3.63, 3.8) is 0 Å². The number of hydrogen-bond donors (Lipinski definition) is 1. The first-order valence-electron chi connectivity index (χ1n) is 18.9. The van der Waals surface area contributed by atoms with Crippen LogP contribution >= 0.6 is 0 Å². The van der Waals surface area contributed by atoms with Gasteiger partial charge in [0.25, 0.3) is 11.8 Å². The number of nitrogens with zero attached hydrogens (tertiary/aromatic N) is 4. The maximum atomic E-state index is 14.6. The van der Waals surface area contributed by atoms with Crippen LogP contribution in [-0.4, -0.2) is 77.1 Å². The summed E-state index contributed by atoms with van der Waals surface area (Å²) in [5.74, 6) is 0.305. The van der Waals surface area contributed by atoms with Crippen molar-refractivity contribution >= 4 is 44.4 Å². The number of nitrogens with one attached hydrogen (secondary N) is 1. The maximum absolute atomic E-state index is 14.6. The van der Waals surface area contributed by atoms with Crippen molar-refractivity contribution in [1.29, 1.82) is 0 Å². The van der Waals surface area contributed by atoms with Crippen LogP contribution in [0.15, 0.2) is 36.4 Å². The Labute approximate surface area is 312 Å². The molecule has 0 spiro atoms. The number of carbonyl (C=O) groups is 2. The molecule has 11 nitrogen and oxygen atoms in total. The smallest absolute Gasteiger partial charge is 0.264 e. The van der Waals surface area contributed by atoms with Crippen molar-refractivity contribution < 1.29 is 27.5 Å². The van der Waals surface area contributed by atoms with Gasteiger partial charge in [-0.2, -0.15) is 5.10 Å². The molecule has 4 aromatic rings. The zero-order valence-electron chi connectivity index (χ0n) is 31.9. The Morgan fingerprint density at radius 1 is 1.02 bits per heavy atom. The Balaban J connectivity index is 1.47. The van der Waals surface area contributed by atoms with Gasteiger partial charge in [0.05, 0.1) is 53.8 Å². The van der Waals surface area contributed by atoms with Crippen molar-refractivity contribution in [2.75, 3.05) is 20.2 Å². The fourth-order valence-electron chi connectivity index (χ4n) is 8.53. The summed E-state index contributed by atoms with van der Waals surface area (Å²) >= 11 is 0. The highest BCUT2D eigenvalue weighted by Gasteiger charge is 2.35. The topological polar surface area (TPSA) is 125 Å². The van der Waals surface area contributed by atoms with E-state index >= 15 is 0 Å². The van der Waals surface area contributed by atoms with E-state index in [1.807, 2.05) is 55.5 Å². The Kier molecular flexibility index (Phi) is 10.1. The molecule has 2 fully saturated rings. The van der Waals surface area contributed by atoms with Gasteiger partial charge in [-0.15, -0.1) is 0 Å². The lowest BCUT2D eigenvalue weighted by Crippen LogP contribution is -2.48. The highest BCUT2D eigenvalue weighted by Crippen LogP contribution is 2.48. The summed E-state index contributed by atoms with van der Waals surface area (Å²) in [6.45, 7) is 13.0. The van der Waals surface area contributed by atoms with Crippen LogP contribution in [0.5, 0.6) is 5.75 Å². The molecular weight excluding hydrogens is 691 g/mol. The number of aryl methyl sites for hydroxylation is 2. The standard InChI is InChI=1S/C41H51N5O6S/c1-8-46-38(36(27(6)42-46)41(48)44-21-25(4)52-26(5)22-44)31-18-30-19-32(51-7)15-17-33(30)39-37(28-12-10-9-11-13-28)34-16-14-29(20-35(34)45(39)23-31)40(47)43-53(49,50)24(2)3/h14-20,24-26,28H,8-13,21-23H2,1-7H3,(H,43,47). The molecule has 1 N–H and O–H groups in total. The first-order valence-corrected chi connectivity index (χ1v) is 20.5. The van der Waals surface area contributed by atoms with E-state index in [0.717, 1.165) is 70.4 Å². The van der Waals surface area contributed by atoms with Crippen LogP contribution in [0.4, 0.5) is 0 Å². The number of carbonyl (C=O) groups excluding carboxylic acids is 2. The van der Waals surface area contributed by atoms with Gasteiger partial charge in [0.15, 0.2) is 0 Å². The summed E-state index contributed by atoms with van der Waals surface area (Å²) in [5, 5.41) is 5.20. The summed E-state index contributed by atoms with van der Waals surface area (Å²) in [5.41, 5.74) is 8.35. The van der Waals surface area contributed by atoms with Crippen LogP contribution < -0.4 is 9.46 Å². The van der Waals surface area contributed by atoms with Crippen LogP contribution in [0.1, 0.15) is 116 Å². The maximum Gasteiger partial charge on any atom is 0.264 e. The monoisotopic (exact) mass is 741 g/mol. The van der Waals surface area contributed by atoms with Crippen LogP contribution in [-0.2, 0) is 27.8 Å². The normalized spacial score (nSPS) is 19.5. The molecular formula is C41H51N5O6S. The summed E-state index contributed by atoms with van der Waals surface area (Å²) in [6.07, 6.45) is 7.60. The third kappa shape index (κ3) is 6.80. The average Bonchev–Trinajstić information content (AvgIpc) is 3.57. The molecule has 4 heterocycles. The van der Waals surface area contributed by atoms with Gasteiger partial charge in [-0.1, -0.05) is 25.3 Å².